The second kappa shape index (κ2) is 5.89. The SMILES string of the molecule is CC(C)N1CCCC1CN1CC(=O)NCC1C(F)(F)F. The monoisotopic (exact) mass is 293 g/mol. The number of alkyl halides is 3. The highest BCUT2D eigenvalue weighted by molar-refractivity contribution is 5.78. The Labute approximate surface area is 117 Å². The number of hydrogen-bond donors (Lipinski definition) is 1. The summed E-state index contributed by atoms with van der Waals surface area (Å²) in [5, 5.41) is 2.31. The summed E-state index contributed by atoms with van der Waals surface area (Å²) in [7, 11) is 0. The number of likely N-dealkylation sites (tertiary alicyclic amines) is 1. The Bertz CT molecular complexity index is 359. The van der Waals surface area contributed by atoms with E-state index >= 15 is 0 Å². The first-order chi connectivity index (χ1) is 9.29. The Morgan fingerprint density at radius 3 is 2.70 bits per heavy atom. The Morgan fingerprint density at radius 1 is 1.40 bits per heavy atom. The minimum Gasteiger partial charge on any atom is -0.353 e. The van der Waals surface area contributed by atoms with Crippen molar-refractivity contribution in [3.8, 4) is 0 Å². The molecule has 0 spiro atoms. The van der Waals surface area contributed by atoms with Crippen molar-refractivity contribution < 1.29 is 18.0 Å². The lowest BCUT2D eigenvalue weighted by molar-refractivity contribution is -0.190. The summed E-state index contributed by atoms with van der Waals surface area (Å²) in [5.41, 5.74) is 0. The molecule has 20 heavy (non-hydrogen) atoms. The van der Waals surface area contributed by atoms with Crippen LogP contribution in [0.5, 0.6) is 0 Å². The van der Waals surface area contributed by atoms with Gasteiger partial charge in [0.1, 0.15) is 6.04 Å². The van der Waals surface area contributed by atoms with Crippen molar-refractivity contribution in [1.82, 2.24) is 15.1 Å². The zero-order chi connectivity index (χ0) is 14.9. The summed E-state index contributed by atoms with van der Waals surface area (Å²) in [6.07, 6.45) is -2.38. The molecule has 0 saturated carbocycles. The first-order valence-corrected chi connectivity index (χ1v) is 7.12. The van der Waals surface area contributed by atoms with Crippen LogP contribution >= 0.6 is 0 Å². The lowest BCUT2D eigenvalue weighted by Gasteiger charge is -2.40. The van der Waals surface area contributed by atoms with Gasteiger partial charge in [-0.1, -0.05) is 0 Å². The molecule has 2 heterocycles. The largest absolute Gasteiger partial charge is 0.405 e. The van der Waals surface area contributed by atoms with Gasteiger partial charge in [0.2, 0.25) is 5.91 Å². The lowest BCUT2D eigenvalue weighted by Crippen LogP contribution is -2.62. The van der Waals surface area contributed by atoms with E-state index in [4.69, 9.17) is 0 Å². The van der Waals surface area contributed by atoms with Crippen LogP contribution in [-0.2, 0) is 4.79 Å². The first-order valence-electron chi connectivity index (χ1n) is 7.12. The van der Waals surface area contributed by atoms with Crippen molar-refractivity contribution in [2.45, 2.75) is 51.0 Å². The molecule has 0 aromatic carbocycles. The molecule has 2 fully saturated rings. The molecule has 1 N–H and O–H groups in total. The van der Waals surface area contributed by atoms with Crippen molar-refractivity contribution in [3.05, 3.63) is 0 Å². The van der Waals surface area contributed by atoms with Gasteiger partial charge in [-0.05, 0) is 33.2 Å². The molecular formula is C13H22F3N3O. The highest BCUT2D eigenvalue weighted by atomic mass is 19.4. The van der Waals surface area contributed by atoms with Gasteiger partial charge in [-0.25, -0.2) is 0 Å². The van der Waals surface area contributed by atoms with Crippen LogP contribution in [0.25, 0.3) is 0 Å². The van der Waals surface area contributed by atoms with Crippen LogP contribution in [0.1, 0.15) is 26.7 Å². The van der Waals surface area contributed by atoms with Crippen LogP contribution in [0, 0.1) is 0 Å². The second-order valence-electron chi connectivity index (χ2n) is 5.92. The average Bonchev–Trinajstić information content (AvgIpc) is 2.75. The van der Waals surface area contributed by atoms with Crippen LogP contribution in [-0.4, -0.2) is 66.2 Å². The molecule has 0 bridgehead atoms. The van der Waals surface area contributed by atoms with Gasteiger partial charge in [0, 0.05) is 25.2 Å². The molecule has 116 valence electrons. The van der Waals surface area contributed by atoms with E-state index in [9.17, 15) is 18.0 Å². The quantitative estimate of drug-likeness (QED) is 0.850. The molecule has 7 heteroatoms. The van der Waals surface area contributed by atoms with Crippen LogP contribution in [0.3, 0.4) is 0 Å². The van der Waals surface area contributed by atoms with E-state index < -0.39 is 12.2 Å². The second-order valence-corrected chi connectivity index (χ2v) is 5.92. The molecule has 2 rings (SSSR count). The third-order valence-corrected chi connectivity index (χ3v) is 4.19. The third-order valence-electron chi connectivity index (χ3n) is 4.19. The van der Waals surface area contributed by atoms with E-state index in [1.54, 1.807) is 0 Å². The zero-order valence-corrected chi connectivity index (χ0v) is 11.9. The molecule has 2 atom stereocenters. The van der Waals surface area contributed by atoms with Crippen LogP contribution < -0.4 is 5.32 Å². The smallest absolute Gasteiger partial charge is 0.353 e. The Hall–Kier alpha value is -0.820. The van der Waals surface area contributed by atoms with E-state index in [2.05, 4.69) is 24.1 Å². The number of nitrogens with one attached hydrogen (secondary N) is 1. The van der Waals surface area contributed by atoms with Crippen molar-refractivity contribution in [2.24, 2.45) is 0 Å². The van der Waals surface area contributed by atoms with Crippen molar-refractivity contribution in [1.29, 1.82) is 0 Å². The number of carbonyl (C=O) groups is 1. The summed E-state index contributed by atoms with van der Waals surface area (Å²) in [4.78, 5) is 14.9. The Kier molecular flexibility index (Phi) is 4.59. The lowest BCUT2D eigenvalue weighted by atomic mass is 10.1. The first kappa shape index (κ1) is 15.6. The van der Waals surface area contributed by atoms with Gasteiger partial charge < -0.3 is 5.32 Å². The van der Waals surface area contributed by atoms with Gasteiger partial charge in [0.25, 0.3) is 0 Å². The fourth-order valence-corrected chi connectivity index (χ4v) is 3.21. The molecule has 2 aliphatic rings. The summed E-state index contributed by atoms with van der Waals surface area (Å²) < 4.78 is 39.1. The summed E-state index contributed by atoms with van der Waals surface area (Å²) in [5.74, 6) is -0.320. The minimum atomic E-state index is -4.30. The Balaban J connectivity index is 2.05. The number of carbonyl (C=O) groups excluding carboxylic acids is 1. The molecule has 1 amide bonds. The highest BCUT2D eigenvalue weighted by Gasteiger charge is 2.47. The molecule has 0 aliphatic carbocycles. The molecule has 4 nitrogen and oxygen atoms in total. The predicted molar refractivity (Wildman–Crippen MR) is 69.3 cm³/mol. The molecule has 2 saturated heterocycles. The van der Waals surface area contributed by atoms with Gasteiger partial charge in [-0.15, -0.1) is 0 Å². The fraction of sp³-hybridized carbons (Fsp3) is 0.923. The van der Waals surface area contributed by atoms with Crippen LogP contribution in [0.2, 0.25) is 0 Å². The number of amides is 1. The summed E-state index contributed by atoms with van der Waals surface area (Å²) in [6.45, 7) is 4.86. The maximum Gasteiger partial charge on any atom is 0.405 e. The van der Waals surface area contributed by atoms with E-state index in [1.165, 1.54) is 4.90 Å². The van der Waals surface area contributed by atoms with Crippen molar-refractivity contribution in [3.63, 3.8) is 0 Å². The molecule has 0 radical (unpaired) electrons. The predicted octanol–water partition coefficient (Wildman–Crippen LogP) is 1.22. The molecule has 2 aliphatic heterocycles. The maximum atomic E-state index is 13.0. The molecule has 0 aromatic rings. The fourth-order valence-electron chi connectivity index (χ4n) is 3.21. The minimum absolute atomic E-state index is 0.116. The maximum absolute atomic E-state index is 13.0. The van der Waals surface area contributed by atoms with Crippen molar-refractivity contribution in [2.75, 3.05) is 26.2 Å². The number of hydrogen-bond acceptors (Lipinski definition) is 3. The third kappa shape index (κ3) is 3.44. The van der Waals surface area contributed by atoms with Crippen molar-refractivity contribution >= 4 is 5.91 Å². The standard InChI is InChI=1S/C13H22F3N3O/c1-9(2)19-5-3-4-10(19)7-18-8-12(20)17-6-11(18)13(14,15)16/h9-11H,3-8H2,1-2H3,(H,17,20). The van der Waals surface area contributed by atoms with Gasteiger partial charge in [0.05, 0.1) is 6.54 Å². The zero-order valence-electron chi connectivity index (χ0n) is 11.9. The number of rotatable bonds is 3. The van der Waals surface area contributed by atoms with Crippen LogP contribution in [0.4, 0.5) is 13.2 Å². The van der Waals surface area contributed by atoms with Gasteiger partial charge in [-0.3, -0.25) is 14.6 Å². The van der Waals surface area contributed by atoms with E-state index in [1.807, 2.05) is 0 Å². The van der Waals surface area contributed by atoms with E-state index in [-0.39, 0.29) is 25.0 Å². The van der Waals surface area contributed by atoms with Gasteiger partial charge in [0.15, 0.2) is 0 Å². The molecule has 2 unspecified atom stereocenters. The highest BCUT2D eigenvalue weighted by Crippen LogP contribution is 2.28. The normalized spacial score (nSPS) is 30.0. The average molecular weight is 293 g/mol. The summed E-state index contributed by atoms with van der Waals surface area (Å²) >= 11 is 0. The number of piperazine rings is 1. The number of nitrogens with zero attached hydrogens (tertiary/aromatic N) is 2. The topological polar surface area (TPSA) is 35.6 Å². The molecular weight excluding hydrogens is 271 g/mol. The summed E-state index contributed by atoms with van der Waals surface area (Å²) in [6, 6.07) is -1.12. The molecule has 0 aromatic heterocycles. The van der Waals surface area contributed by atoms with Gasteiger partial charge >= 0.3 is 6.18 Å². The van der Waals surface area contributed by atoms with Crippen LogP contribution in [0.15, 0.2) is 0 Å². The van der Waals surface area contributed by atoms with Gasteiger partial charge in [-0.2, -0.15) is 13.2 Å². The van der Waals surface area contributed by atoms with E-state index in [0.29, 0.717) is 12.6 Å². The number of halogens is 3. The Morgan fingerprint density at radius 2 is 2.10 bits per heavy atom. The van der Waals surface area contributed by atoms with E-state index in [0.717, 1.165) is 19.4 Å².